The van der Waals surface area contributed by atoms with E-state index in [-0.39, 0.29) is 0 Å². The van der Waals surface area contributed by atoms with E-state index in [4.69, 9.17) is 4.74 Å². The Labute approximate surface area is 165 Å². The molecule has 0 fully saturated rings. The topological polar surface area (TPSA) is 60.7 Å². The molecule has 1 aromatic carbocycles. The second-order valence-electron chi connectivity index (χ2n) is 6.07. The van der Waals surface area contributed by atoms with Gasteiger partial charge in [0.05, 0.1) is 24.5 Å². The van der Waals surface area contributed by atoms with E-state index in [1.807, 2.05) is 42.5 Å². The van der Waals surface area contributed by atoms with E-state index < -0.39 is 0 Å². The molecule has 0 aliphatic rings. The second-order valence-corrected chi connectivity index (χ2v) is 7.76. The number of rotatable bonds is 3. The Bertz CT molecular complexity index is 1290. The van der Waals surface area contributed by atoms with Gasteiger partial charge in [0.2, 0.25) is 0 Å². The van der Waals surface area contributed by atoms with Crippen molar-refractivity contribution in [3.8, 4) is 17.0 Å². The number of fused-ring (bicyclic) bond motifs is 4. The van der Waals surface area contributed by atoms with Gasteiger partial charge in [-0.15, -0.1) is 0 Å². The van der Waals surface area contributed by atoms with Gasteiger partial charge in [0, 0.05) is 77.0 Å². The van der Waals surface area contributed by atoms with Crippen molar-refractivity contribution in [2.24, 2.45) is 7.05 Å². The van der Waals surface area contributed by atoms with Gasteiger partial charge in [0.25, 0.3) is 0 Å². The molecule has 8 heteroatoms. The van der Waals surface area contributed by atoms with Crippen molar-refractivity contribution in [2.75, 3.05) is 7.11 Å². The number of aromatic nitrogens is 5. The van der Waals surface area contributed by atoms with Gasteiger partial charge in [-0.25, -0.2) is 4.98 Å². The maximum absolute atomic E-state index is 5.41. The molecule has 4 heterocycles. The summed E-state index contributed by atoms with van der Waals surface area (Å²) in [7, 11) is 5.27. The van der Waals surface area contributed by atoms with Gasteiger partial charge >= 0.3 is 0 Å². The van der Waals surface area contributed by atoms with Gasteiger partial charge in [0.15, 0.2) is 5.65 Å². The van der Waals surface area contributed by atoms with Crippen LogP contribution in [0.5, 0.6) is 5.75 Å². The number of benzene rings is 1. The molecule has 130 valence electrons. The summed E-state index contributed by atoms with van der Waals surface area (Å²) in [5.74, 6) is 0.843. The van der Waals surface area contributed by atoms with Crippen LogP contribution < -0.4 is 4.74 Å². The first kappa shape index (κ1) is 16.0. The van der Waals surface area contributed by atoms with Crippen molar-refractivity contribution < 1.29 is 4.74 Å². The minimum atomic E-state index is 0.843. The van der Waals surface area contributed by atoms with Crippen LogP contribution in [0.1, 0.15) is 0 Å². The molecule has 5 aromatic rings. The number of hydrogen-bond donors (Lipinski definition) is 1. The van der Waals surface area contributed by atoms with Crippen LogP contribution in [-0.4, -0.2) is 30.8 Å². The number of aryl methyl sites for hydroxylation is 1. The molecule has 0 saturated heterocycles. The number of nitrogens with one attached hydrogen (secondary N) is 1. The molecule has 0 bridgehead atoms. The number of H-pyrrole nitrogens is 1. The Morgan fingerprint density at radius 2 is 2.08 bits per heavy atom. The van der Waals surface area contributed by atoms with E-state index in [0.29, 0.717) is 0 Å². The molecule has 6 nitrogen and oxygen atoms in total. The van der Waals surface area contributed by atoms with Crippen molar-refractivity contribution >= 4 is 63.2 Å². The molecule has 0 amide bonds. The minimum Gasteiger partial charge on any atom is -0.497 e. The number of halogens is 1. The molecule has 0 aliphatic carbocycles. The van der Waals surface area contributed by atoms with Gasteiger partial charge in [-0.05, 0) is 24.3 Å². The highest BCUT2D eigenvalue weighted by atomic mass is 127. The minimum absolute atomic E-state index is 0.843. The molecule has 26 heavy (non-hydrogen) atoms. The third-order valence-electron chi connectivity index (χ3n) is 4.72. The predicted molar refractivity (Wildman–Crippen MR) is 115 cm³/mol. The van der Waals surface area contributed by atoms with Crippen LogP contribution in [0.15, 0.2) is 42.9 Å². The Morgan fingerprint density at radius 3 is 2.88 bits per heavy atom. The first-order chi connectivity index (χ1) is 12.7. The zero-order chi connectivity index (χ0) is 17.8. The molecule has 0 radical (unpaired) electrons. The molecule has 4 aromatic heterocycles. The maximum atomic E-state index is 5.41. The summed E-state index contributed by atoms with van der Waals surface area (Å²) in [6.07, 6.45) is 5.78. The largest absolute Gasteiger partial charge is 0.497 e. The lowest BCUT2D eigenvalue weighted by Crippen LogP contribution is -1.91. The first-order valence-electron chi connectivity index (χ1n) is 7.98. The van der Waals surface area contributed by atoms with Crippen LogP contribution >= 0.6 is 30.3 Å². The molecule has 0 aliphatic heterocycles. The summed E-state index contributed by atoms with van der Waals surface area (Å²) in [6, 6.07) is 8.26. The number of methoxy groups -OCH3 is 1. The zero-order valence-electron chi connectivity index (χ0n) is 14.0. The van der Waals surface area contributed by atoms with E-state index in [0.717, 1.165) is 49.8 Å². The van der Waals surface area contributed by atoms with Crippen LogP contribution in [0.2, 0.25) is 0 Å². The first-order valence-corrected chi connectivity index (χ1v) is 11.3. The normalized spacial score (nSPS) is 11.8. The van der Waals surface area contributed by atoms with Gasteiger partial charge in [0.1, 0.15) is 5.75 Å². The summed E-state index contributed by atoms with van der Waals surface area (Å²) < 4.78 is 9.47. The van der Waals surface area contributed by atoms with Crippen LogP contribution in [0.4, 0.5) is 0 Å². The van der Waals surface area contributed by atoms with E-state index in [2.05, 4.69) is 52.4 Å². The van der Waals surface area contributed by atoms with Crippen molar-refractivity contribution in [2.45, 2.75) is 0 Å². The lowest BCUT2D eigenvalue weighted by molar-refractivity contribution is 0.415. The van der Waals surface area contributed by atoms with Crippen molar-refractivity contribution in [1.82, 2.24) is 23.7 Å². The molecule has 0 atom stereocenters. The lowest BCUT2D eigenvalue weighted by atomic mass is 10.1. The lowest BCUT2D eigenvalue weighted by Gasteiger charge is -2.05. The molecule has 1 N–H and O–H groups in total. The molecule has 0 spiro atoms. The summed E-state index contributed by atoms with van der Waals surface area (Å²) in [6.45, 7) is 0. The summed E-state index contributed by atoms with van der Waals surface area (Å²) in [5.41, 5.74) is 5.33. The van der Waals surface area contributed by atoms with E-state index in [9.17, 15) is 0 Å². The highest BCUT2D eigenvalue weighted by Gasteiger charge is 2.18. The number of aromatic amines is 1. The van der Waals surface area contributed by atoms with Crippen molar-refractivity contribution in [3.63, 3.8) is 0 Å². The fraction of sp³-hybridized carbons (Fsp3) is 0.111. The third-order valence-corrected chi connectivity index (χ3v) is 6.40. The Kier molecular flexibility index (Phi) is 3.64. The molecule has 0 saturated carbocycles. The average molecular weight is 475 g/mol. The van der Waals surface area contributed by atoms with E-state index in [1.165, 1.54) is 0 Å². The Balaban J connectivity index is 1.87. The van der Waals surface area contributed by atoms with Crippen molar-refractivity contribution in [3.05, 3.63) is 42.9 Å². The maximum Gasteiger partial charge on any atom is 0.153 e. The molecular weight excluding hydrogens is 461 g/mol. The monoisotopic (exact) mass is 475 g/mol. The fourth-order valence-corrected chi connectivity index (χ4v) is 5.12. The van der Waals surface area contributed by atoms with Crippen LogP contribution in [0.25, 0.3) is 44.1 Å². The highest BCUT2D eigenvalue weighted by molar-refractivity contribution is 14.2. The SMILES string of the molecule is COc1ccc2[nH]cc(-c3cc4c5c(cnc4n3SI)cnn5C)c2c1. The van der Waals surface area contributed by atoms with Gasteiger partial charge in [-0.3, -0.25) is 8.65 Å². The standard InChI is InChI=1S/C18H14IN5OS/c1-23-17-10(8-22-23)7-21-18-13(17)6-16(24(18)26-19)14-9-20-15-4-3-11(25-2)5-12(14)15/h3-9,20H,1-2H3. The predicted octanol–water partition coefficient (Wildman–Crippen LogP) is 4.93. The number of pyridine rings is 1. The summed E-state index contributed by atoms with van der Waals surface area (Å²) >= 11 is 2.30. The van der Waals surface area contributed by atoms with Crippen LogP contribution in [-0.2, 0) is 7.05 Å². The van der Waals surface area contributed by atoms with Crippen LogP contribution in [0.3, 0.4) is 0 Å². The molecular formula is C18H14IN5OS. The number of ether oxygens (including phenoxy) is 1. The van der Waals surface area contributed by atoms with Crippen LogP contribution in [0, 0.1) is 0 Å². The Hall–Kier alpha value is -2.20. The Morgan fingerprint density at radius 1 is 1.19 bits per heavy atom. The summed E-state index contributed by atoms with van der Waals surface area (Å²) in [5, 5.41) is 7.65. The average Bonchev–Trinajstić information content (AvgIpc) is 3.35. The van der Waals surface area contributed by atoms with Crippen molar-refractivity contribution in [1.29, 1.82) is 0 Å². The smallest absolute Gasteiger partial charge is 0.153 e. The molecule has 0 unspecified atom stereocenters. The van der Waals surface area contributed by atoms with Gasteiger partial charge in [-0.2, -0.15) is 5.10 Å². The molecule has 5 rings (SSSR count). The quantitative estimate of drug-likeness (QED) is 0.376. The second kappa shape index (κ2) is 5.92. The van der Waals surface area contributed by atoms with E-state index >= 15 is 0 Å². The zero-order valence-corrected chi connectivity index (χ0v) is 17.0. The summed E-state index contributed by atoms with van der Waals surface area (Å²) in [4.78, 5) is 8.05. The van der Waals surface area contributed by atoms with E-state index in [1.54, 1.807) is 16.2 Å². The van der Waals surface area contributed by atoms with Gasteiger partial charge < -0.3 is 9.72 Å². The highest BCUT2D eigenvalue weighted by Crippen LogP contribution is 2.39. The number of hydrogen-bond acceptors (Lipinski definition) is 4. The fourth-order valence-electron chi connectivity index (χ4n) is 3.48. The number of nitrogens with zero attached hydrogens (tertiary/aromatic N) is 4. The van der Waals surface area contributed by atoms with Gasteiger partial charge in [-0.1, -0.05) is 0 Å². The third kappa shape index (κ3) is 2.18.